The summed E-state index contributed by atoms with van der Waals surface area (Å²) in [4.78, 5) is 11.5. The molecule has 3 aromatic rings. The number of nitrogens with zero attached hydrogens (tertiary/aromatic N) is 4. The van der Waals surface area contributed by atoms with Crippen LogP contribution in [0.4, 0.5) is 5.69 Å². The van der Waals surface area contributed by atoms with Gasteiger partial charge in [0.1, 0.15) is 17.3 Å². The molecule has 0 spiro atoms. The minimum atomic E-state index is 0.366. The van der Waals surface area contributed by atoms with E-state index >= 15 is 0 Å². The Bertz CT molecular complexity index is 1060. The van der Waals surface area contributed by atoms with Gasteiger partial charge in [0.2, 0.25) is 0 Å². The molecule has 0 aliphatic carbocycles. The lowest BCUT2D eigenvalue weighted by atomic mass is 10.0. The van der Waals surface area contributed by atoms with Gasteiger partial charge in [0.15, 0.2) is 5.96 Å². The molecule has 8 heteroatoms. The highest BCUT2D eigenvalue weighted by Gasteiger charge is 2.21. The molecule has 1 aliphatic rings. The quantitative estimate of drug-likeness (QED) is 0.457. The standard InChI is InChI=1S/C24H32N6O2/c1-25-24(26-16-23-28-21-7-5-6-8-22(21)29(23)2)27-17-9-11-30(12-10-17)18-13-19(31-3)15-20(14-18)32-4/h5-8,13-15,17H,9-12,16H2,1-4H3,(H2,25,26,27). The molecule has 170 valence electrons. The van der Waals surface area contributed by atoms with Crippen LogP contribution in [0.3, 0.4) is 0 Å². The minimum Gasteiger partial charge on any atom is -0.497 e. The highest BCUT2D eigenvalue weighted by atomic mass is 16.5. The molecule has 4 rings (SSSR count). The molecule has 0 saturated carbocycles. The van der Waals surface area contributed by atoms with E-state index in [-0.39, 0.29) is 0 Å². The smallest absolute Gasteiger partial charge is 0.191 e. The van der Waals surface area contributed by atoms with Gasteiger partial charge in [-0.05, 0) is 25.0 Å². The van der Waals surface area contributed by atoms with Crippen molar-refractivity contribution in [3.8, 4) is 11.5 Å². The molecule has 0 amide bonds. The maximum atomic E-state index is 5.42. The van der Waals surface area contributed by atoms with Crippen molar-refractivity contribution in [2.24, 2.45) is 12.0 Å². The molecule has 2 heterocycles. The average Bonchev–Trinajstić information content (AvgIpc) is 3.17. The Morgan fingerprint density at radius 2 is 1.78 bits per heavy atom. The number of para-hydroxylation sites is 2. The van der Waals surface area contributed by atoms with Crippen LogP contribution in [0.25, 0.3) is 11.0 Å². The first-order valence-electron chi connectivity index (χ1n) is 11.0. The third-order valence-corrected chi connectivity index (χ3v) is 6.05. The zero-order chi connectivity index (χ0) is 22.5. The summed E-state index contributed by atoms with van der Waals surface area (Å²) < 4.78 is 13.0. The molecule has 32 heavy (non-hydrogen) atoms. The van der Waals surface area contributed by atoms with Crippen molar-refractivity contribution >= 4 is 22.7 Å². The largest absolute Gasteiger partial charge is 0.497 e. The molecule has 2 N–H and O–H groups in total. The highest BCUT2D eigenvalue weighted by Crippen LogP contribution is 2.30. The number of imidazole rings is 1. The second-order valence-electron chi connectivity index (χ2n) is 7.98. The lowest BCUT2D eigenvalue weighted by Gasteiger charge is -2.34. The first-order valence-corrected chi connectivity index (χ1v) is 11.0. The number of methoxy groups -OCH3 is 2. The Labute approximate surface area is 189 Å². The van der Waals surface area contributed by atoms with Crippen LogP contribution in [0.2, 0.25) is 0 Å². The van der Waals surface area contributed by atoms with Crippen LogP contribution in [-0.2, 0) is 13.6 Å². The number of aryl methyl sites for hydroxylation is 1. The topological polar surface area (TPSA) is 75.9 Å². The molecule has 0 radical (unpaired) electrons. The van der Waals surface area contributed by atoms with Crippen LogP contribution in [0.1, 0.15) is 18.7 Å². The predicted molar refractivity (Wildman–Crippen MR) is 129 cm³/mol. The van der Waals surface area contributed by atoms with Gasteiger partial charge >= 0.3 is 0 Å². The van der Waals surface area contributed by atoms with E-state index in [9.17, 15) is 0 Å². The van der Waals surface area contributed by atoms with E-state index in [4.69, 9.17) is 14.5 Å². The van der Waals surface area contributed by atoms with E-state index in [1.165, 1.54) is 0 Å². The second-order valence-corrected chi connectivity index (χ2v) is 7.98. The number of hydrogen-bond donors (Lipinski definition) is 2. The van der Waals surface area contributed by atoms with Crippen molar-refractivity contribution in [1.82, 2.24) is 20.2 Å². The Morgan fingerprint density at radius 3 is 2.41 bits per heavy atom. The fourth-order valence-electron chi connectivity index (χ4n) is 4.16. The van der Waals surface area contributed by atoms with Crippen molar-refractivity contribution in [1.29, 1.82) is 0 Å². The summed E-state index contributed by atoms with van der Waals surface area (Å²) in [7, 11) is 7.22. The number of guanidine groups is 1. The lowest BCUT2D eigenvalue weighted by Crippen LogP contribution is -2.48. The number of rotatable bonds is 6. The number of benzene rings is 2. The lowest BCUT2D eigenvalue weighted by molar-refractivity contribution is 0.393. The number of anilines is 1. The van der Waals surface area contributed by atoms with Crippen LogP contribution in [0.15, 0.2) is 47.5 Å². The normalized spacial score (nSPS) is 15.1. The molecule has 2 aromatic carbocycles. The third-order valence-electron chi connectivity index (χ3n) is 6.05. The van der Waals surface area contributed by atoms with Gasteiger partial charge in [-0.1, -0.05) is 12.1 Å². The maximum Gasteiger partial charge on any atom is 0.191 e. The fourth-order valence-corrected chi connectivity index (χ4v) is 4.16. The Kier molecular flexibility index (Phi) is 6.68. The van der Waals surface area contributed by atoms with Crippen molar-refractivity contribution in [3.63, 3.8) is 0 Å². The summed E-state index contributed by atoms with van der Waals surface area (Å²) in [6, 6.07) is 14.6. The molecule has 8 nitrogen and oxygen atoms in total. The number of ether oxygens (including phenoxy) is 2. The third kappa shape index (κ3) is 4.74. The zero-order valence-electron chi connectivity index (χ0n) is 19.3. The molecular formula is C24H32N6O2. The number of aromatic nitrogens is 2. The Balaban J connectivity index is 1.32. The molecule has 1 aromatic heterocycles. The number of fused-ring (bicyclic) bond motifs is 1. The SMILES string of the molecule is CN=C(NCc1nc2ccccc2n1C)NC1CCN(c2cc(OC)cc(OC)c2)CC1. The van der Waals surface area contributed by atoms with Crippen LogP contribution in [0.5, 0.6) is 11.5 Å². The predicted octanol–water partition coefficient (Wildman–Crippen LogP) is 2.92. The van der Waals surface area contributed by atoms with Crippen LogP contribution in [-0.4, -0.2) is 55.9 Å². The molecule has 0 atom stereocenters. The Hall–Kier alpha value is -3.42. The first kappa shape index (κ1) is 21.8. The summed E-state index contributed by atoms with van der Waals surface area (Å²) in [5.74, 6) is 3.41. The number of hydrogen-bond acceptors (Lipinski definition) is 5. The number of piperidine rings is 1. The number of aliphatic imine (C=N–C) groups is 1. The van der Waals surface area contributed by atoms with Gasteiger partial charge in [-0.3, -0.25) is 4.99 Å². The number of nitrogens with one attached hydrogen (secondary N) is 2. The van der Waals surface area contributed by atoms with Gasteiger partial charge in [-0.2, -0.15) is 0 Å². The van der Waals surface area contributed by atoms with Crippen molar-refractivity contribution in [2.75, 3.05) is 39.3 Å². The summed E-state index contributed by atoms with van der Waals surface area (Å²) >= 11 is 0. The van der Waals surface area contributed by atoms with Gasteiger partial charge in [-0.15, -0.1) is 0 Å². The maximum absolute atomic E-state index is 5.42. The fraction of sp³-hybridized carbons (Fsp3) is 0.417. The summed E-state index contributed by atoms with van der Waals surface area (Å²) in [5.41, 5.74) is 3.27. The molecule has 1 aliphatic heterocycles. The first-order chi connectivity index (χ1) is 15.6. The van der Waals surface area contributed by atoms with Gasteiger partial charge in [-0.25, -0.2) is 4.98 Å². The molecule has 1 saturated heterocycles. The monoisotopic (exact) mass is 436 g/mol. The summed E-state index contributed by atoms with van der Waals surface area (Å²) in [6.07, 6.45) is 2.04. The van der Waals surface area contributed by atoms with Gasteiger partial charge in [0, 0.05) is 57.1 Å². The van der Waals surface area contributed by atoms with E-state index in [2.05, 4.69) is 43.3 Å². The van der Waals surface area contributed by atoms with Gasteiger partial charge < -0.3 is 29.6 Å². The van der Waals surface area contributed by atoms with E-state index in [0.29, 0.717) is 12.6 Å². The van der Waals surface area contributed by atoms with Crippen LogP contribution >= 0.6 is 0 Å². The van der Waals surface area contributed by atoms with Crippen LogP contribution < -0.4 is 25.0 Å². The second kappa shape index (κ2) is 9.80. The molecular weight excluding hydrogens is 404 g/mol. The van der Waals surface area contributed by atoms with Crippen molar-refractivity contribution in [3.05, 3.63) is 48.3 Å². The van der Waals surface area contributed by atoms with Gasteiger partial charge in [0.25, 0.3) is 0 Å². The van der Waals surface area contributed by atoms with Crippen molar-refractivity contribution < 1.29 is 9.47 Å². The Morgan fingerprint density at radius 1 is 1.09 bits per heavy atom. The van der Waals surface area contributed by atoms with E-state index in [1.807, 2.05) is 38.4 Å². The van der Waals surface area contributed by atoms with Gasteiger partial charge in [0.05, 0.1) is 31.8 Å². The van der Waals surface area contributed by atoms with E-state index < -0.39 is 0 Å². The summed E-state index contributed by atoms with van der Waals surface area (Å²) in [5, 5.41) is 6.99. The molecule has 0 bridgehead atoms. The zero-order valence-corrected chi connectivity index (χ0v) is 19.3. The minimum absolute atomic E-state index is 0.366. The summed E-state index contributed by atoms with van der Waals surface area (Å²) in [6.45, 7) is 2.53. The average molecular weight is 437 g/mol. The van der Waals surface area contributed by atoms with E-state index in [0.717, 1.165) is 65.9 Å². The molecule has 1 fully saturated rings. The van der Waals surface area contributed by atoms with Crippen molar-refractivity contribution in [2.45, 2.75) is 25.4 Å². The highest BCUT2D eigenvalue weighted by molar-refractivity contribution is 5.80. The molecule has 0 unspecified atom stereocenters. The van der Waals surface area contributed by atoms with Crippen LogP contribution in [0, 0.1) is 0 Å². The van der Waals surface area contributed by atoms with E-state index in [1.54, 1.807) is 14.2 Å².